The highest BCUT2D eigenvalue weighted by Gasteiger charge is 2.44. The van der Waals surface area contributed by atoms with Gasteiger partial charge in [0, 0.05) is 55.3 Å². The van der Waals surface area contributed by atoms with Crippen LogP contribution in [0, 0.1) is 11.2 Å². The molecule has 3 aliphatic heterocycles. The summed E-state index contributed by atoms with van der Waals surface area (Å²) in [5.74, 6) is -2.40. The van der Waals surface area contributed by atoms with E-state index in [1.54, 1.807) is 18.3 Å². The molecule has 1 atom stereocenters. The van der Waals surface area contributed by atoms with Crippen molar-refractivity contribution in [3.8, 4) is 22.6 Å². The van der Waals surface area contributed by atoms with Gasteiger partial charge in [-0.05, 0) is 60.3 Å². The summed E-state index contributed by atoms with van der Waals surface area (Å²) in [6.07, 6.45) is 5.52. The average Bonchev–Trinajstić information content (AvgIpc) is 3.71. The number of hydrogen-bond acceptors (Lipinski definition) is 6. The number of carbonyl (C=O) groups is 1. The Kier molecular flexibility index (Phi) is 7.04. The lowest BCUT2D eigenvalue weighted by Crippen LogP contribution is -2.31. The summed E-state index contributed by atoms with van der Waals surface area (Å²) in [6, 6.07) is 16.2. The molecule has 7 rings (SSSR count). The zero-order valence-electron chi connectivity index (χ0n) is 24.3. The Morgan fingerprint density at radius 2 is 1.84 bits per heavy atom. The van der Waals surface area contributed by atoms with E-state index in [4.69, 9.17) is 4.74 Å². The molecule has 2 saturated heterocycles. The first-order valence-corrected chi connectivity index (χ1v) is 14.8. The van der Waals surface area contributed by atoms with Gasteiger partial charge in [-0.3, -0.25) is 9.69 Å². The summed E-state index contributed by atoms with van der Waals surface area (Å²) in [5, 5.41) is 2.94. The van der Waals surface area contributed by atoms with Gasteiger partial charge < -0.3 is 15.0 Å². The molecule has 7 nitrogen and oxygen atoms in total. The number of likely N-dealkylation sites (tertiary alicyclic amines) is 1. The van der Waals surface area contributed by atoms with E-state index in [9.17, 15) is 18.0 Å². The number of hydrogen-bond donors (Lipinski definition) is 1. The molecule has 2 fully saturated rings. The summed E-state index contributed by atoms with van der Waals surface area (Å²) in [5.41, 5.74) is 3.46. The van der Waals surface area contributed by atoms with E-state index in [2.05, 4.69) is 37.2 Å². The summed E-state index contributed by atoms with van der Waals surface area (Å²) in [6.45, 7) is 5.14. The molecule has 10 heteroatoms. The van der Waals surface area contributed by atoms with Crippen LogP contribution in [0.3, 0.4) is 0 Å². The van der Waals surface area contributed by atoms with Crippen molar-refractivity contribution in [1.82, 2.24) is 14.9 Å². The highest BCUT2D eigenvalue weighted by molar-refractivity contribution is 5.99. The molecule has 1 aromatic heterocycles. The summed E-state index contributed by atoms with van der Waals surface area (Å²) in [4.78, 5) is 25.2. The Balaban J connectivity index is 1.10. The minimum absolute atomic E-state index is 0.0411. The second-order valence-corrected chi connectivity index (χ2v) is 12.2. The number of alkyl halides is 2. The molecular formula is C34H32F3N5O2. The molecule has 4 aromatic rings. The smallest absolute Gasteiger partial charge is 0.271 e. The van der Waals surface area contributed by atoms with E-state index in [-0.39, 0.29) is 33.8 Å². The van der Waals surface area contributed by atoms with Crippen LogP contribution in [0.25, 0.3) is 11.1 Å². The van der Waals surface area contributed by atoms with Crippen molar-refractivity contribution in [2.24, 2.45) is 5.41 Å². The van der Waals surface area contributed by atoms with Crippen LogP contribution in [0.2, 0.25) is 0 Å². The number of carbonyl (C=O) groups excluding carboxylic acids is 1. The predicted molar refractivity (Wildman–Crippen MR) is 161 cm³/mol. The molecule has 0 radical (unpaired) electrons. The van der Waals surface area contributed by atoms with E-state index in [1.807, 2.05) is 6.07 Å². The van der Waals surface area contributed by atoms with Crippen molar-refractivity contribution in [2.45, 2.75) is 38.7 Å². The maximum Gasteiger partial charge on any atom is 0.271 e. The van der Waals surface area contributed by atoms with Crippen LogP contribution in [0.1, 0.15) is 36.5 Å². The Bertz CT molecular complexity index is 1740. The molecule has 3 aliphatic rings. The van der Waals surface area contributed by atoms with Gasteiger partial charge in [0.2, 0.25) is 5.91 Å². The number of amides is 1. The van der Waals surface area contributed by atoms with Gasteiger partial charge >= 0.3 is 0 Å². The van der Waals surface area contributed by atoms with E-state index in [1.165, 1.54) is 42.2 Å². The van der Waals surface area contributed by atoms with Gasteiger partial charge in [0.1, 0.15) is 17.9 Å². The van der Waals surface area contributed by atoms with Crippen LogP contribution in [-0.2, 0) is 23.7 Å². The fourth-order valence-corrected chi connectivity index (χ4v) is 6.87. The topological polar surface area (TPSA) is 70.6 Å². The third-order valence-electron chi connectivity index (χ3n) is 8.97. The molecule has 4 heterocycles. The van der Waals surface area contributed by atoms with Crippen molar-refractivity contribution >= 4 is 17.4 Å². The summed E-state index contributed by atoms with van der Waals surface area (Å²) < 4.78 is 49.8. The Labute approximate surface area is 253 Å². The van der Waals surface area contributed by atoms with Gasteiger partial charge in [-0.1, -0.05) is 36.4 Å². The van der Waals surface area contributed by atoms with Gasteiger partial charge in [0.25, 0.3) is 5.92 Å². The lowest BCUT2D eigenvalue weighted by molar-refractivity contribution is -0.115. The van der Waals surface area contributed by atoms with Gasteiger partial charge in [-0.2, -0.15) is 0 Å². The van der Waals surface area contributed by atoms with Crippen molar-refractivity contribution in [3.63, 3.8) is 0 Å². The number of rotatable bonds is 7. The second-order valence-electron chi connectivity index (χ2n) is 12.2. The molecule has 0 saturated carbocycles. The number of nitrogens with one attached hydrogen (secondary N) is 1. The number of ether oxygens (including phenoxy) is 1. The van der Waals surface area contributed by atoms with Gasteiger partial charge in [0.15, 0.2) is 11.6 Å². The maximum atomic E-state index is 14.5. The van der Waals surface area contributed by atoms with E-state index >= 15 is 0 Å². The SMILES string of the molecule is CC(F)(F)c1ccccc1-c1cc(F)ccc1Oc1cncnc1N1CCC2(CCN(Cc3ccc4c(c3)NC(=O)C4)C2)C1. The van der Waals surface area contributed by atoms with Crippen LogP contribution >= 0.6 is 0 Å². The number of anilines is 2. The van der Waals surface area contributed by atoms with Crippen LogP contribution in [0.4, 0.5) is 24.7 Å². The van der Waals surface area contributed by atoms with Crippen LogP contribution < -0.4 is 15.0 Å². The monoisotopic (exact) mass is 599 g/mol. The zero-order valence-corrected chi connectivity index (χ0v) is 24.3. The Morgan fingerprint density at radius 3 is 2.70 bits per heavy atom. The number of benzene rings is 3. The molecule has 44 heavy (non-hydrogen) atoms. The number of nitrogens with zero attached hydrogens (tertiary/aromatic N) is 4. The minimum Gasteiger partial charge on any atom is -0.451 e. The quantitative estimate of drug-likeness (QED) is 0.253. The minimum atomic E-state index is -3.13. The van der Waals surface area contributed by atoms with Crippen molar-refractivity contribution in [2.75, 3.05) is 36.4 Å². The Hall–Kier alpha value is -4.44. The normalized spacial score (nSPS) is 19.9. The first kappa shape index (κ1) is 28.3. The van der Waals surface area contributed by atoms with Gasteiger partial charge in [0.05, 0.1) is 12.6 Å². The molecule has 226 valence electrons. The molecule has 1 spiro atoms. The fraction of sp³-hybridized carbons (Fsp3) is 0.324. The largest absolute Gasteiger partial charge is 0.451 e. The maximum absolute atomic E-state index is 14.5. The van der Waals surface area contributed by atoms with Crippen molar-refractivity contribution < 1.29 is 22.7 Å². The van der Waals surface area contributed by atoms with Crippen LogP contribution in [0.5, 0.6) is 11.5 Å². The standard InChI is InChI=1S/C34H32F3N5O2/c1-33(36,37)27-5-3-2-4-25(27)26-16-24(35)8-9-29(26)44-30-17-38-21-39-32(30)42-13-11-34(20-42)10-12-41(19-34)18-22-6-7-23-15-31(43)40-28(23)14-22/h2-9,14,16-17,21H,10-13,15,18-20H2,1H3,(H,40,43). The molecular weight excluding hydrogens is 567 g/mol. The van der Waals surface area contributed by atoms with Crippen LogP contribution in [0.15, 0.2) is 73.2 Å². The lowest BCUT2D eigenvalue weighted by Gasteiger charge is -2.26. The van der Waals surface area contributed by atoms with E-state index in [0.717, 1.165) is 63.7 Å². The molecule has 1 amide bonds. The Morgan fingerprint density at radius 1 is 1.00 bits per heavy atom. The molecule has 3 aromatic carbocycles. The van der Waals surface area contributed by atoms with Gasteiger partial charge in [-0.15, -0.1) is 0 Å². The van der Waals surface area contributed by atoms with E-state index in [0.29, 0.717) is 18.0 Å². The van der Waals surface area contributed by atoms with Crippen molar-refractivity contribution in [3.05, 3.63) is 95.7 Å². The number of aromatic nitrogens is 2. The highest BCUT2D eigenvalue weighted by atomic mass is 19.3. The molecule has 0 aliphatic carbocycles. The first-order valence-electron chi connectivity index (χ1n) is 14.8. The molecule has 1 N–H and O–H groups in total. The molecule has 0 bridgehead atoms. The highest BCUT2D eigenvalue weighted by Crippen LogP contribution is 2.45. The third-order valence-corrected chi connectivity index (χ3v) is 8.97. The average molecular weight is 600 g/mol. The van der Waals surface area contributed by atoms with Crippen molar-refractivity contribution in [1.29, 1.82) is 0 Å². The molecule has 1 unspecified atom stereocenters. The number of halogens is 3. The predicted octanol–water partition coefficient (Wildman–Crippen LogP) is 6.78. The summed E-state index contributed by atoms with van der Waals surface area (Å²) >= 11 is 0. The fourth-order valence-electron chi connectivity index (χ4n) is 6.87. The zero-order chi connectivity index (χ0) is 30.5. The van der Waals surface area contributed by atoms with E-state index < -0.39 is 11.7 Å². The van der Waals surface area contributed by atoms with Gasteiger partial charge in [-0.25, -0.2) is 23.1 Å². The lowest BCUT2D eigenvalue weighted by atomic mass is 9.86. The number of fused-ring (bicyclic) bond motifs is 1. The third kappa shape index (κ3) is 5.50. The van der Waals surface area contributed by atoms with Crippen LogP contribution in [-0.4, -0.2) is 47.0 Å². The second kappa shape index (κ2) is 10.9. The first-order chi connectivity index (χ1) is 21.2. The summed E-state index contributed by atoms with van der Waals surface area (Å²) in [7, 11) is 0.